The minimum Gasteiger partial charge on any atom is -0.384 e. The first-order chi connectivity index (χ1) is 8.10. The summed E-state index contributed by atoms with van der Waals surface area (Å²) in [6.07, 6.45) is 0.867. The maximum Gasteiger partial charge on any atom is 0.216 e. The highest BCUT2D eigenvalue weighted by atomic mass is 32.2. The van der Waals surface area contributed by atoms with Crippen molar-refractivity contribution in [3.05, 3.63) is 0 Å². The monoisotopic (exact) mass is 265 g/mol. The van der Waals surface area contributed by atoms with Crippen molar-refractivity contribution < 1.29 is 13.2 Å². The first-order valence-electron chi connectivity index (χ1n) is 5.99. The van der Waals surface area contributed by atoms with Crippen LogP contribution in [-0.2, 0) is 14.8 Å². The Bertz CT molecular complexity index is 308. The zero-order valence-corrected chi connectivity index (χ0v) is 11.3. The number of methoxy groups -OCH3 is 1. The molecule has 1 fully saturated rings. The van der Waals surface area contributed by atoms with Gasteiger partial charge in [-0.05, 0) is 13.0 Å². The predicted octanol–water partition coefficient (Wildman–Crippen LogP) is -1.07. The first kappa shape index (κ1) is 14.8. The van der Waals surface area contributed by atoms with Gasteiger partial charge >= 0.3 is 0 Å². The third-order valence-electron chi connectivity index (χ3n) is 2.93. The van der Waals surface area contributed by atoms with Gasteiger partial charge in [-0.2, -0.15) is 0 Å². The zero-order valence-electron chi connectivity index (χ0n) is 10.5. The Labute approximate surface area is 104 Å². The first-order valence-corrected chi connectivity index (χ1v) is 7.60. The van der Waals surface area contributed by atoms with Crippen LogP contribution in [0.1, 0.15) is 6.42 Å². The average molecular weight is 265 g/mol. The molecule has 0 unspecified atom stereocenters. The third kappa shape index (κ3) is 4.89. The number of nitrogens with two attached hydrogens (primary N) is 1. The number of sulfonamides is 1. The van der Waals surface area contributed by atoms with E-state index in [1.54, 1.807) is 4.31 Å². The molecule has 0 atom stereocenters. The molecule has 0 spiro atoms. The highest BCUT2D eigenvalue weighted by Gasteiger charge is 2.24. The van der Waals surface area contributed by atoms with Gasteiger partial charge < -0.3 is 15.4 Å². The summed E-state index contributed by atoms with van der Waals surface area (Å²) in [5, 5.41) is 0. The Morgan fingerprint density at radius 3 is 2.65 bits per heavy atom. The van der Waals surface area contributed by atoms with E-state index in [0.717, 1.165) is 26.1 Å². The molecule has 0 amide bonds. The fraction of sp³-hybridized carbons (Fsp3) is 1.00. The van der Waals surface area contributed by atoms with Gasteiger partial charge in [-0.3, -0.25) is 0 Å². The second-order valence-electron chi connectivity index (χ2n) is 4.19. The van der Waals surface area contributed by atoms with E-state index in [2.05, 4.69) is 4.90 Å². The van der Waals surface area contributed by atoms with E-state index in [-0.39, 0.29) is 12.4 Å². The van der Waals surface area contributed by atoms with Crippen molar-refractivity contribution in [1.82, 2.24) is 9.21 Å². The van der Waals surface area contributed by atoms with Crippen molar-refractivity contribution in [3.8, 4) is 0 Å². The van der Waals surface area contributed by atoms with Gasteiger partial charge in [0.05, 0.1) is 12.4 Å². The molecule has 7 heteroatoms. The molecule has 1 heterocycles. The molecule has 2 N–H and O–H groups in total. The van der Waals surface area contributed by atoms with Crippen LogP contribution in [0.25, 0.3) is 0 Å². The largest absolute Gasteiger partial charge is 0.384 e. The van der Waals surface area contributed by atoms with Crippen molar-refractivity contribution >= 4 is 10.0 Å². The van der Waals surface area contributed by atoms with E-state index in [9.17, 15) is 8.42 Å². The van der Waals surface area contributed by atoms with Crippen LogP contribution in [-0.4, -0.2) is 76.4 Å². The van der Waals surface area contributed by atoms with Gasteiger partial charge in [0.25, 0.3) is 0 Å². The fourth-order valence-corrected chi connectivity index (χ4v) is 3.35. The van der Waals surface area contributed by atoms with E-state index in [1.807, 2.05) is 0 Å². The Balaban J connectivity index is 2.50. The van der Waals surface area contributed by atoms with Crippen LogP contribution in [0.4, 0.5) is 0 Å². The summed E-state index contributed by atoms with van der Waals surface area (Å²) >= 11 is 0. The van der Waals surface area contributed by atoms with Crippen LogP contribution in [0, 0.1) is 0 Å². The summed E-state index contributed by atoms with van der Waals surface area (Å²) in [4.78, 5) is 2.21. The molecular weight excluding hydrogens is 242 g/mol. The smallest absolute Gasteiger partial charge is 0.216 e. The van der Waals surface area contributed by atoms with Gasteiger partial charge in [-0.25, -0.2) is 12.7 Å². The van der Waals surface area contributed by atoms with Crippen LogP contribution in [0.3, 0.4) is 0 Å². The van der Waals surface area contributed by atoms with Crippen LogP contribution < -0.4 is 5.73 Å². The minimum absolute atomic E-state index is 0.0698. The molecule has 102 valence electrons. The Morgan fingerprint density at radius 1 is 1.24 bits per heavy atom. The average Bonchev–Trinajstić information content (AvgIpc) is 2.53. The van der Waals surface area contributed by atoms with Gasteiger partial charge in [-0.15, -0.1) is 0 Å². The van der Waals surface area contributed by atoms with Gasteiger partial charge in [0.1, 0.15) is 0 Å². The quantitative estimate of drug-likeness (QED) is 0.662. The summed E-state index contributed by atoms with van der Waals surface area (Å²) in [6, 6.07) is 0. The Kier molecular flexibility index (Phi) is 6.35. The molecule has 1 rings (SSSR count). The molecule has 0 aromatic carbocycles. The summed E-state index contributed by atoms with van der Waals surface area (Å²) in [5.74, 6) is 0.0698. The maximum absolute atomic E-state index is 12.0. The summed E-state index contributed by atoms with van der Waals surface area (Å²) < 4.78 is 30.3. The molecule has 6 nitrogen and oxygen atoms in total. The predicted molar refractivity (Wildman–Crippen MR) is 67.3 cm³/mol. The van der Waals surface area contributed by atoms with Crippen LogP contribution >= 0.6 is 0 Å². The van der Waals surface area contributed by atoms with E-state index < -0.39 is 10.0 Å². The lowest BCUT2D eigenvalue weighted by atomic mass is 10.4. The number of hydrogen-bond acceptors (Lipinski definition) is 5. The molecular formula is C10H23N3O3S. The molecule has 0 bridgehead atoms. The van der Waals surface area contributed by atoms with E-state index in [1.165, 1.54) is 7.11 Å². The topological polar surface area (TPSA) is 75.9 Å². The summed E-state index contributed by atoms with van der Waals surface area (Å²) in [6.45, 7) is 4.57. The Hall–Kier alpha value is -0.210. The fourth-order valence-electron chi connectivity index (χ4n) is 1.95. The maximum atomic E-state index is 12.0. The lowest BCUT2D eigenvalue weighted by Crippen LogP contribution is -2.38. The number of rotatable bonds is 6. The molecule has 0 aliphatic carbocycles. The van der Waals surface area contributed by atoms with Crippen molar-refractivity contribution in [3.63, 3.8) is 0 Å². The minimum atomic E-state index is -3.16. The molecule has 0 radical (unpaired) electrons. The highest BCUT2D eigenvalue weighted by molar-refractivity contribution is 7.89. The van der Waals surface area contributed by atoms with Crippen LogP contribution in [0.2, 0.25) is 0 Å². The lowest BCUT2D eigenvalue weighted by molar-refractivity contribution is 0.215. The Morgan fingerprint density at radius 2 is 2.00 bits per heavy atom. The summed E-state index contributed by atoms with van der Waals surface area (Å²) in [7, 11) is -1.64. The van der Waals surface area contributed by atoms with Crippen molar-refractivity contribution in [2.45, 2.75) is 6.42 Å². The van der Waals surface area contributed by atoms with Crippen molar-refractivity contribution in [2.75, 3.05) is 58.7 Å². The normalized spacial score (nSPS) is 20.4. The van der Waals surface area contributed by atoms with Crippen molar-refractivity contribution in [2.24, 2.45) is 5.73 Å². The van der Waals surface area contributed by atoms with Crippen molar-refractivity contribution in [1.29, 1.82) is 0 Å². The van der Waals surface area contributed by atoms with E-state index >= 15 is 0 Å². The van der Waals surface area contributed by atoms with Gasteiger partial charge in [-0.1, -0.05) is 0 Å². The van der Waals surface area contributed by atoms with E-state index in [4.69, 9.17) is 10.5 Å². The zero-order chi connectivity index (χ0) is 12.7. The van der Waals surface area contributed by atoms with Crippen LogP contribution in [0.15, 0.2) is 0 Å². The van der Waals surface area contributed by atoms with Gasteiger partial charge in [0.15, 0.2) is 0 Å². The molecule has 1 aliphatic heterocycles. The second kappa shape index (κ2) is 7.27. The molecule has 1 aliphatic rings. The lowest BCUT2D eigenvalue weighted by Gasteiger charge is -2.21. The molecule has 0 aromatic heterocycles. The molecule has 1 saturated heterocycles. The van der Waals surface area contributed by atoms with Crippen LogP contribution in [0.5, 0.6) is 0 Å². The molecule has 17 heavy (non-hydrogen) atoms. The molecule has 0 aromatic rings. The third-order valence-corrected chi connectivity index (χ3v) is 4.77. The standard InChI is InChI=1S/C10H23N3O3S/c1-16-9-10-17(14,15)13-5-2-4-12(6-3-11)7-8-13/h2-11H2,1H3. The number of hydrogen-bond donors (Lipinski definition) is 1. The number of ether oxygens (including phenoxy) is 1. The second-order valence-corrected chi connectivity index (χ2v) is 6.28. The summed E-state index contributed by atoms with van der Waals surface area (Å²) in [5.41, 5.74) is 5.51. The van der Waals surface area contributed by atoms with E-state index in [0.29, 0.717) is 19.6 Å². The SMILES string of the molecule is COCCS(=O)(=O)N1CCCN(CCN)CC1. The van der Waals surface area contributed by atoms with Gasteiger partial charge in [0, 0.05) is 39.8 Å². The van der Waals surface area contributed by atoms with Gasteiger partial charge in [0.2, 0.25) is 10.0 Å². The highest BCUT2D eigenvalue weighted by Crippen LogP contribution is 2.08. The molecule has 0 saturated carbocycles. The number of nitrogens with zero attached hydrogens (tertiary/aromatic N) is 2.